The lowest BCUT2D eigenvalue weighted by Gasteiger charge is -2.14. The molecule has 0 aliphatic carbocycles. The Balaban J connectivity index is 2.62. The molecule has 0 bridgehead atoms. The summed E-state index contributed by atoms with van der Waals surface area (Å²) in [7, 11) is 0. The van der Waals surface area contributed by atoms with E-state index in [0.717, 1.165) is 0 Å². The van der Waals surface area contributed by atoms with E-state index in [0.29, 0.717) is 5.82 Å². The van der Waals surface area contributed by atoms with Crippen molar-refractivity contribution in [3.05, 3.63) is 11.6 Å². The van der Waals surface area contributed by atoms with Gasteiger partial charge in [0.15, 0.2) is 6.10 Å². The highest BCUT2D eigenvalue weighted by Crippen LogP contribution is 2.19. The van der Waals surface area contributed by atoms with Crippen LogP contribution in [0.15, 0.2) is 0 Å². The van der Waals surface area contributed by atoms with Crippen molar-refractivity contribution in [3.63, 3.8) is 0 Å². The van der Waals surface area contributed by atoms with Crippen molar-refractivity contribution in [2.45, 2.75) is 38.5 Å². The molecule has 0 aliphatic heterocycles. The zero-order valence-electron chi connectivity index (χ0n) is 10.7. The van der Waals surface area contributed by atoms with Crippen molar-refractivity contribution in [2.24, 2.45) is 0 Å². The number of halogens is 3. The molecule has 9 heteroatoms. The van der Waals surface area contributed by atoms with Gasteiger partial charge in [-0.1, -0.05) is 20.8 Å². The van der Waals surface area contributed by atoms with Crippen LogP contribution in [-0.4, -0.2) is 45.0 Å². The van der Waals surface area contributed by atoms with E-state index in [9.17, 15) is 18.0 Å². The maximum absolute atomic E-state index is 12.0. The third-order valence-corrected chi connectivity index (χ3v) is 2.23. The second-order valence-corrected chi connectivity index (χ2v) is 5.03. The lowest BCUT2D eigenvalue weighted by atomic mass is 9.96. The average Bonchev–Trinajstić information content (AvgIpc) is 2.72. The van der Waals surface area contributed by atoms with Gasteiger partial charge in [-0.15, -0.1) is 5.10 Å². The Bertz CT molecular complexity index is 450. The Kier molecular flexibility index (Phi) is 4.18. The Labute approximate surface area is 107 Å². The van der Waals surface area contributed by atoms with Crippen molar-refractivity contribution in [2.75, 3.05) is 6.54 Å². The number of aliphatic hydroxyl groups excluding tert-OH is 1. The number of carbonyl (C=O) groups is 1. The zero-order chi connectivity index (χ0) is 14.8. The first-order valence-electron chi connectivity index (χ1n) is 5.47. The lowest BCUT2D eigenvalue weighted by Crippen LogP contribution is -2.41. The van der Waals surface area contributed by atoms with Crippen LogP contribution in [0.25, 0.3) is 0 Å². The topological polar surface area (TPSA) is 90.9 Å². The minimum absolute atomic E-state index is 0.265. The molecule has 6 nitrogen and oxygen atoms in total. The van der Waals surface area contributed by atoms with Gasteiger partial charge in [0.2, 0.25) is 5.82 Å². The smallest absolute Gasteiger partial charge is 0.382 e. The normalized spacial score (nSPS) is 14.3. The number of amides is 1. The number of hydrogen-bond acceptors (Lipinski definition) is 4. The predicted molar refractivity (Wildman–Crippen MR) is 59.5 cm³/mol. The molecule has 3 N–H and O–H groups in total. The molecule has 0 aromatic carbocycles. The standard InChI is InChI=1S/C10H15F3N4O2/c1-9(2,3)8-15-6(16-17-8)7(19)14-4-5(18)10(11,12)13/h5,18H,4H2,1-3H3,(H,14,19)(H,15,16,17). The minimum Gasteiger partial charge on any atom is -0.382 e. The van der Waals surface area contributed by atoms with E-state index in [1.807, 2.05) is 26.1 Å². The van der Waals surface area contributed by atoms with Gasteiger partial charge in [0, 0.05) is 5.41 Å². The van der Waals surface area contributed by atoms with E-state index in [-0.39, 0.29) is 11.2 Å². The lowest BCUT2D eigenvalue weighted by molar-refractivity contribution is -0.201. The largest absolute Gasteiger partial charge is 0.416 e. The molecule has 1 aromatic heterocycles. The van der Waals surface area contributed by atoms with Crippen LogP contribution in [0.1, 0.15) is 37.2 Å². The van der Waals surface area contributed by atoms with E-state index in [2.05, 4.69) is 15.2 Å². The Morgan fingerprint density at radius 3 is 2.42 bits per heavy atom. The molecule has 0 saturated heterocycles. The maximum Gasteiger partial charge on any atom is 0.416 e. The van der Waals surface area contributed by atoms with Gasteiger partial charge in [0.05, 0.1) is 6.54 Å². The van der Waals surface area contributed by atoms with Crippen molar-refractivity contribution < 1.29 is 23.1 Å². The number of rotatable bonds is 3. The molecule has 19 heavy (non-hydrogen) atoms. The number of hydrogen-bond donors (Lipinski definition) is 3. The number of H-pyrrole nitrogens is 1. The van der Waals surface area contributed by atoms with E-state index in [1.54, 1.807) is 0 Å². The molecule has 1 rings (SSSR count). The Morgan fingerprint density at radius 2 is 2.00 bits per heavy atom. The predicted octanol–water partition coefficient (Wildman–Crippen LogP) is 0.755. The third-order valence-electron chi connectivity index (χ3n) is 2.23. The first kappa shape index (κ1) is 15.4. The van der Waals surface area contributed by atoms with Gasteiger partial charge in [0.1, 0.15) is 5.82 Å². The third kappa shape index (κ3) is 4.19. The van der Waals surface area contributed by atoms with Gasteiger partial charge in [-0.05, 0) is 0 Å². The molecule has 0 saturated carbocycles. The van der Waals surface area contributed by atoms with E-state index in [1.165, 1.54) is 0 Å². The van der Waals surface area contributed by atoms with Crippen LogP contribution in [0.4, 0.5) is 13.2 Å². The molecule has 1 aromatic rings. The molecular weight excluding hydrogens is 265 g/mol. The fourth-order valence-corrected chi connectivity index (χ4v) is 1.08. The van der Waals surface area contributed by atoms with Gasteiger partial charge >= 0.3 is 6.18 Å². The van der Waals surface area contributed by atoms with Gasteiger partial charge < -0.3 is 10.4 Å². The minimum atomic E-state index is -4.77. The summed E-state index contributed by atoms with van der Waals surface area (Å²) in [4.78, 5) is 15.4. The molecule has 1 heterocycles. The number of nitrogens with zero attached hydrogens (tertiary/aromatic N) is 2. The summed E-state index contributed by atoms with van der Waals surface area (Å²) in [5.74, 6) is -0.705. The summed E-state index contributed by atoms with van der Waals surface area (Å²) in [6, 6.07) is 0. The summed E-state index contributed by atoms with van der Waals surface area (Å²) in [5.41, 5.74) is -0.364. The molecule has 1 amide bonds. The fourth-order valence-electron chi connectivity index (χ4n) is 1.08. The van der Waals surface area contributed by atoms with Gasteiger partial charge in [0.25, 0.3) is 5.91 Å². The van der Waals surface area contributed by atoms with Crippen LogP contribution in [-0.2, 0) is 5.41 Å². The summed E-state index contributed by atoms with van der Waals surface area (Å²) >= 11 is 0. The molecule has 0 spiro atoms. The quantitative estimate of drug-likeness (QED) is 0.762. The summed E-state index contributed by atoms with van der Waals surface area (Å²) < 4.78 is 36.1. The van der Waals surface area contributed by atoms with Crippen molar-refractivity contribution in [3.8, 4) is 0 Å². The number of carbonyl (C=O) groups excluding carboxylic acids is 1. The van der Waals surface area contributed by atoms with E-state index < -0.39 is 24.7 Å². The molecule has 1 unspecified atom stereocenters. The van der Waals surface area contributed by atoms with Gasteiger partial charge in [-0.3, -0.25) is 9.89 Å². The number of aliphatic hydroxyl groups is 1. The van der Waals surface area contributed by atoms with Crippen LogP contribution >= 0.6 is 0 Å². The second kappa shape index (κ2) is 5.16. The molecule has 0 radical (unpaired) electrons. The van der Waals surface area contributed by atoms with Crippen molar-refractivity contribution in [1.29, 1.82) is 0 Å². The van der Waals surface area contributed by atoms with Crippen LogP contribution in [0.3, 0.4) is 0 Å². The fraction of sp³-hybridized carbons (Fsp3) is 0.700. The molecule has 108 valence electrons. The Morgan fingerprint density at radius 1 is 1.42 bits per heavy atom. The summed E-state index contributed by atoms with van der Waals surface area (Å²) in [6.45, 7) is 4.57. The first-order chi connectivity index (χ1) is 8.51. The van der Waals surface area contributed by atoms with Crippen LogP contribution < -0.4 is 5.32 Å². The SMILES string of the molecule is CC(C)(C)c1nc(C(=O)NCC(O)C(F)(F)F)n[nH]1. The molecule has 1 atom stereocenters. The van der Waals surface area contributed by atoms with E-state index in [4.69, 9.17) is 5.11 Å². The zero-order valence-corrected chi connectivity index (χ0v) is 10.7. The van der Waals surface area contributed by atoms with E-state index >= 15 is 0 Å². The average molecular weight is 280 g/mol. The number of alkyl halides is 3. The highest BCUT2D eigenvalue weighted by Gasteiger charge is 2.38. The van der Waals surface area contributed by atoms with Gasteiger partial charge in [-0.25, -0.2) is 4.98 Å². The summed E-state index contributed by atoms with van der Waals surface area (Å²) in [6.07, 6.45) is -7.39. The monoisotopic (exact) mass is 280 g/mol. The van der Waals surface area contributed by atoms with Gasteiger partial charge in [-0.2, -0.15) is 13.2 Å². The Hall–Kier alpha value is -1.64. The maximum atomic E-state index is 12.0. The number of aromatic amines is 1. The number of aromatic nitrogens is 3. The van der Waals surface area contributed by atoms with Crippen LogP contribution in [0.5, 0.6) is 0 Å². The molecular formula is C10H15F3N4O2. The van der Waals surface area contributed by atoms with Crippen molar-refractivity contribution >= 4 is 5.91 Å². The summed E-state index contributed by atoms with van der Waals surface area (Å²) in [5, 5.41) is 16.8. The number of nitrogens with one attached hydrogen (secondary N) is 2. The van der Waals surface area contributed by atoms with Crippen LogP contribution in [0, 0.1) is 0 Å². The van der Waals surface area contributed by atoms with Crippen molar-refractivity contribution in [1.82, 2.24) is 20.5 Å². The highest BCUT2D eigenvalue weighted by atomic mass is 19.4. The first-order valence-corrected chi connectivity index (χ1v) is 5.47. The van der Waals surface area contributed by atoms with Crippen LogP contribution in [0.2, 0.25) is 0 Å². The second-order valence-electron chi connectivity index (χ2n) is 5.03. The highest BCUT2D eigenvalue weighted by molar-refractivity contribution is 5.90. The molecule has 0 aliphatic rings. The molecule has 0 fully saturated rings.